The van der Waals surface area contributed by atoms with Gasteiger partial charge in [0.25, 0.3) is 0 Å². The molecule has 1 aliphatic rings. The molecule has 1 aromatic rings. The van der Waals surface area contributed by atoms with E-state index in [1.165, 1.54) is 0 Å². The average Bonchev–Trinajstić information content (AvgIpc) is 2.65. The smallest absolute Gasteiger partial charge is 0.308 e. The van der Waals surface area contributed by atoms with Crippen molar-refractivity contribution in [3.63, 3.8) is 0 Å². The number of aliphatic carboxylic acids is 1. The second kappa shape index (κ2) is 10.1. The van der Waals surface area contributed by atoms with E-state index in [1.807, 2.05) is 38.1 Å². The number of nitrogens with zero attached hydrogens (tertiary/aromatic N) is 1. The van der Waals surface area contributed by atoms with E-state index >= 15 is 0 Å². The Morgan fingerprint density at radius 1 is 1.30 bits per heavy atom. The van der Waals surface area contributed by atoms with E-state index in [0.717, 1.165) is 30.4 Å². The summed E-state index contributed by atoms with van der Waals surface area (Å²) in [6.07, 6.45) is 4.00. The standard InChI is InChI=1S/C21H30N2O4/c1-3-7-19(24)23-11-5-4-10-18(23)20(25)22-14-17(21(26)27)13-16-9-6-8-15(2)12-16/h6,8-9,12,17-18H,3-5,7,10-11,13-14H2,1-2H3,(H,22,25)(H,26,27). The van der Waals surface area contributed by atoms with Gasteiger partial charge in [-0.2, -0.15) is 0 Å². The second-order valence-electron chi connectivity index (χ2n) is 7.32. The molecule has 0 aliphatic carbocycles. The molecule has 148 valence electrons. The highest BCUT2D eigenvalue weighted by Gasteiger charge is 2.32. The van der Waals surface area contributed by atoms with Gasteiger partial charge in [0.05, 0.1) is 5.92 Å². The molecular formula is C21H30N2O4. The molecule has 1 aliphatic heterocycles. The number of carbonyl (C=O) groups excluding carboxylic acids is 2. The number of benzene rings is 1. The summed E-state index contributed by atoms with van der Waals surface area (Å²) in [7, 11) is 0. The number of carboxylic acid groups (broad SMARTS) is 1. The van der Waals surface area contributed by atoms with Crippen LogP contribution in [0.15, 0.2) is 24.3 Å². The number of nitrogens with one attached hydrogen (secondary N) is 1. The molecule has 2 rings (SSSR count). The van der Waals surface area contributed by atoms with Gasteiger partial charge in [0.1, 0.15) is 6.04 Å². The van der Waals surface area contributed by atoms with Gasteiger partial charge < -0.3 is 15.3 Å². The number of hydrogen-bond donors (Lipinski definition) is 2. The van der Waals surface area contributed by atoms with E-state index < -0.39 is 17.9 Å². The first-order valence-electron chi connectivity index (χ1n) is 9.78. The SMILES string of the molecule is CCCC(=O)N1CCCCC1C(=O)NCC(Cc1cccc(C)c1)C(=O)O. The molecule has 2 atom stereocenters. The van der Waals surface area contributed by atoms with Crippen molar-refractivity contribution in [2.24, 2.45) is 5.92 Å². The van der Waals surface area contributed by atoms with Crippen LogP contribution < -0.4 is 5.32 Å². The van der Waals surface area contributed by atoms with Crippen molar-refractivity contribution >= 4 is 17.8 Å². The number of piperidine rings is 1. The van der Waals surface area contributed by atoms with E-state index in [1.54, 1.807) is 4.90 Å². The summed E-state index contributed by atoms with van der Waals surface area (Å²) < 4.78 is 0. The number of likely N-dealkylation sites (tertiary alicyclic amines) is 1. The summed E-state index contributed by atoms with van der Waals surface area (Å²) in [5.41, 5.74) is 2.02. The normalized spacial score (nSPS) is 18.0. The van der Waals surface area contributed by atoms with Crippen molar-refractivity contribution in [3.05, 3.63) is 35.4 Å². The fourth-order valence-electron chi connectivity index (χ4n) is 3.57. The number of aryl methyl sites for hydroxylation is 1. The Morgan fingerprint density at radius 3 is 2.74 bits per heavy atom. The van der Waals surface area contributed by atoms with Crippen LogP contribution in [0.2, 0.25) is 0 Å². The zero-order valence-electron chi connectivity index (χ0n) is 16.2. The van der Waals surface area contributed by atoms with Crippen molar-refractivity contribution in [1.82, 2.24) is 10.2 Å². The Morgan fingerprint density at radius 2 is 2.07 bits per heavy atom. The molecule has 1 heterocycles. The monoisotopic (exact) mass is 374 g/mol. The van der Waals surface area contributed by atoms with Gasteiger partial charge in [0, 0.05) is 19.5 Å². The molecule has 27 heavy (non-hydrogen) atoms. The topological polar surface area (TPSA) is 86.7 Å². The minimum absolute atomic E-state index is 0.00638. The highest BCUT2D eigenvalue weighted by molar-refractivity contribution is 5.88. The van der Waals surface area contributed by atoms with Crippen LogP contribution in [-0.2, 0) is 20.8 Å². The van der Waals surface area contributed by atoms with E-state index in [0.29, 0.717) is 25.8 Å². The summed E-state index contributed by atoms with van der Waals surface area (Å²) in [6.45, 7) is 4.57. The molecule has 2 N–H and O–H groups in total. The Balaban J connectivity index is 1.97. The summed E-state index contributed by atoms with van der Waals surface area (Å²) >= 11 is 0. The van der Waals surface area contributed by atoms with Gasteiger partial charge in [-0.15, -0.1) is 0 Å². The number of rotatable bonds is 8. The molecule has 2 amide bonds. The van der Waals surface area contributed by atoms with Crippen molar-refractivity contribution < 1.29 is 19.5 Å². The maximum Gasteiger partial charge on any atom is 0.308 e. The Hall–Kier alpha value is -2.37. The van der Waals surface area contributed by atoms with E-state index in [4.69, 9.17) is 0 Å². The molecule has 6 heteroatoms. The van der Waals surface area contributed by atoms with Crippen LogP contribution >= 0.6 is 0 Å². The lowest BCUT2D eigenvalue weighted by Gasteiger charge is -2.35. The second-order valence-corrected chi connectivity index (χ2v) is 7.32. The quantitative estimate of drug-likeness (QED) is 0.732. The summed E-state index contributed by atoms with van der Waals surface area (Å²) in [5.74, 6) is -1.86. The number of carboxylic acids is 1. The molecule has 1 aromatic carbocycles. The third-order valence-corrected chi connectivity index (χ3v) is 5.03. The first-order valence-corrected chi connectivity index (χ1v) is 9.78. The van der Waals surface area contributed by atoms with Crippen LogP contribution in [0, 0.1) is 12.8 Å². The molecule has 0 aromatic heterocycles. The Kier molecular flexibility index (Phi) is 7.82. The lowest BCUT2D eigenvalue weighted by atomic mass is 9.97. The maximum absolute atomic E-state index is 12.7. The lowest BCUT2D eigenvalue weighted by Crippen LogP contribution is -2.52. The Labute approximate surface area is 160 Å². The van der Waals surface area contributed by atoms with Crippen LogP contribution in [0.1, 0.15) is 50.2 Å². The van der Waals surface area contributed by atoms with Gasteiger partial charge in [-0.1, -0.05) is 36.8 Å². The van der Waals surface area contributed by atoms with Crippen molar-refractivity contribution in [1.29, 1.82) is 0 Å². The van der Waals surface area contributed by atoms with Crippen molar-refractivity contribution in [2.45, 2.75) is 58.4 Å². The third kappa shape index (κ3) is 6.08. The van der Waals surface area contributed by atoms with Crippen molar-refractivity contribution in [3.8, 4) is 0 Å². The zero-order chi connectivity index (χ0) is 19.8. The fraction of sp³-hybridized carbons (Fsp3) is 0.571. The van der Waals surface area contributed by atoms with E-state index in [9.17, 15) is 19.5 Å². The van der Waals surface area contributed by atoms with Crippen LogP contribution in [0.4, 0.5) is 0 Å². The van der Waals surface area contributed by atoms with Gasteiger partial charge >= 0.3 is 5.97 Å². The molecule has 0 radical (unpaired) electrons. The largest absolute Gasteiger partial charge is 0.481 e. The van der Waals surface area contributed by atoms with E-state index in [-0.39, 0.29) is 18.4 Å². The number of hydrogen-bond acceptors (Lipinski definition) is 3. The molecule has 1 saturated heterocycles. The Bertz CT molecular complexity index is 674. The van der Waals surface area contributed by atoms with Gasteiger partial charge in [0.15, 0.2) is 0 Å². The van der Waals surface area contributed by atoms with Crippen LogP contribution in [0.25, 0.3) is 0 Å². The third-order valence-electron chi connectivity index (χ3n) is 5.03. The summed E-state index contributed by atoms with van der Waals surface area (Å²) in [4.78, 5) is 38.2. The van der Waals surface area contributed by atoms with Crippen molar-refractivity contribution in [2.75, 3.05) is 13.1 Å². The molecule has 0 bridgehead atoms. The minimum Gasteiger partial charge on any atom is -0.481 e. The van der Waals surface area contributed by atoms with Gasteiger partial charge in [-0.3, -0.25) is 14.4 Å². The van der Waals surface area contributed by atoms with Gasteiger partial charge in [-0.05, 0) is 44.6 Å². The van der Waals surface area contributed by atoms with Gasteiger partial charge in [0.2, 0.25) is 11.8 Å². The fourth-order valence-corrected chi connectivity index (χ4v) is 3.57. The van der Waals surface area contributed by atoms with Crippen LogP contribution in [0.3, 0.4) is 0 Å². The average molecular weight is 374 g/mol. The molecule has 6 nitrogen and oxygen atoms in total. The minimum atomic E-state index is -0.931. The van der Waals surface area contributed by atoms with E-state index in [2.05, 4.69) is 5.32 Å². The lowest BCUT2D eigenvalue weighted by molar-refractivity contribution is -0.144. The summed E-state index contributed by atoms with van der Waals surface area (Å²) in [6, 6.07) is 7.25. The highest BCUT2D eigenvalue weighted by Crippen LogP contribution is 2.19. The number of amides is 2. The molecule has 2 unspecified atom stereocenters. The summed E-state index contributed by atoms with van der Waals surface area (Å²) in [5, 5.41) is 12.3. The molecule has 1 fully saturated rings. The first-order chi connectivity index (χ1) is 12.9. The maximum atomic E-state index is 12.7. The molecule has 0 spiro atoms. The molecular weight excluding hydrogens is 344 g/mol. The first kappa shape index (κ1) is 20.9. The van der Waals surface area contributed by atoms with Gasteiger partial charge in [-0.25, -0.2) is 0 Å². The highest BCUT2D eigenvalue weighted by atomic mass is 16.4. The predicted molar refractivity (Wildman–Crippen MR) is 103 cm³/mol. The van der Waals surface area contributed by atoms with Crippen LogP contribution in [-0.4, -0.2) is 46.9 Å². The predicted octanol–water partition coefficient (Wildman–Crippen LogP) is 2.54. The van der Waals surface area contributed by atoms with Crippen LogP contribution in [0.5, 0.6) is 0 Å². The number of carbonyl (C=O) groups is 3. The molecule has 0 saturated carbocycles. The zero-order valence-corrected chi connectivity index (χ0v) is 16.2.